The Balaban J connectivity index is 1.58. The minimum atomic E-state index is -3.62. The Hall–Kier alpha value is -3.00. The summed E-state index contributed by atoms with van der Waals surface area (Å²) in [7, 11) is -0.0501. The standard InChI is InChI=1S/C24H23N3O2S2/c1-26(17-19-10-5-3-6-11-19)31(28,29)22-15-9-12-20(16-22)23-18-30-24(25-23)27(2)21-13-7-4-8-14-21/h3-16,18H,17H2,1-2H3. The predicted octanol–water partition coefficient (Wildman–Crippen LogP) is 5.40. The first kappa shape index (κ1) is 21.2. The molecule has 0 atom stereocenters. The third-order valence-corrected chi connectivity index (χ3v) is 7.72. The number of para-hydroxylation sites is 1. The molecule has 0 aliphatic heterocycles. The van der Waals surface area contributed by atoms with Crippen LogP contribution in [0.4, 0.5) is 10.8 Å². The highest BCUT2D eigenvalue weighted by atomic mass is 32.2. The topological polar surface area (TPSA) is 53.5 Å². The van der Waals surface area contributed by atoms with Crippen LogP contribution in [-0.2, 0) is 16.6 Å². The lowest BCUT2D eigenvalue weighted by atomic mass is 10.2. The van der Waals surface area contributed by atoms with E-state index < -0.39 is 10.0 Å². The lowest BCUT2D eigenvalue weighted by molar-refractivity contribution is 0.467. The van der Waals surface area contributed by atoms with Gasteiger partial charge in [-0.05, 0) is 29.8 Å². The van der Waals surface area contributed by atoms with Crippen molar-refractivity contribution in [2.45, 2.75) is 11.4 Å². The van der Waals surface area contributed by atoms with Crippen LogP contribution >= 0.6 is 11.3 Å². The summed E-state index contributed by atoms with van der Waals surface area (Å²) >= 11 is 1.52. The second kappa shape index (κ2) is 9.01. The Morgan fingerprint density at radius 3 is 2.26 bits per heavy atom. The first-order chi connectivity index (χ1) is 14.9. The van der Waals surface area contributed by atoms with E-state index in [1.54, 1.807) is 25.2 Å². The molecule has 0 saturated carbocycles. The third kappa shape index (κ3) is 4.69. The van der Waals surface area contributed by atoms with Gasteiger partial charge in [-0.25, -0.2) is 13.4 Å². The molecule has 0 bridgehead atoms. The van der Waals surface area contributed by atoms with Crippen LogP contribution < -0.4 is 4.90 Å². The highest BCUT2D eigenvalue weighted by Gasteiger charge is 2.22. The minimum Gasteiger partial charge on any atom is -0.321 e. The van der Waals surface area contributed by atoms with Gasteiger partial charge in [0, 0.05) is 37.3 Å². The van der Waals surface area contributed by atoms with E-state index in [0.29, 0.717) is 6.54 Å². The molecule has 0 radical (unpaired) electrons. The SMILES string of the molecule is CN(c1ccccc1)c1nc(-c2cccc(S(=O)(=O)N(C)Cc3ccccc3)c2)cs1. The second-order valence-electron chi connectivity index (χ2n) is 7.18. The molecule has 0 N–H and O–H groups in total. The fourth-order valence-electron chi connectivity index (χ4n) is 3.23. The zero-order valence-electron chi connectivity index (χ0n) is 17.3. The van der Waals surface area contributed by atoms with Gasteiger partial charge >= 0.3 is 0 Å². The molecule has 4 rings (SSSR count). The smallest absolute Gasteiger partial charge is 0.243 e. The first-order valence-electron chi connectivity index (χ1n) is 9.80. The van der Waals surface area contributed by atoms with Crippen LogP contribution in [0, 0.1) is 0 Å². The lowest BCUT2D eigenvalue weighted by Gasteiger charge is -2.17. The number of anilines is 2. The molecule has 1 heterocycles. The maximum atomic E-state index is 13.1. The Morgan fingerprint density at radius 2 is 1.55 bits per heavy atom. The fourth-order valence-corrected chi connectivity index (χ4v) is 5.26. The second-order valence-corrected chi connectivity index (χ2v) is 10.1. The molecule has 0 fully saturated rings. The molecule has 0 amide bonds. The van der Waals surface area contributed by atoms with Crippen molar-refractivity contribution in [3.8, 4) is 11.3 Å². The maximum absolute atomic E-state index is 13.1. The molecule has 0 aliphatic rings. The van der Waals surface area contributed by atoms with Crippen molar-refractivity contribution in [2.75, 3.05) is 19.0 Å². The van der Waals surface area contributed by atoms with Gasteiger partial charge in [0.2, 0.25) is 10.0 Å². The fraction of sp³-hybridized carbons (Fsp3) is 0.125. The van der Waals surface area contributed by atoms with Gasteiger partial charge in [0.1, 0.15) is 0 Å². The molecule has 0 unspecified atom stereocenters. The number of aromatic nitrogens is 1. The Labute approximate surface area is 187 Å². The zero-order valence-corrected chi connectivity index (χ0v) is 19.0. The van der Waals surface area contributed by atoms with E-state index in [0.717, 1.165) is 27.6 Å². The Kier molecular flexibility index (Phi) is 6.18. The van der Waals surface area contributed by atoms with Crippen molar-refractivity contribution >= 4 is 32.2 Å². The Bertz CT molecular complexity index is 1260. The van der Waals surface area contributed by atoms with E-state index in [2.05, 4.69) is 0 Å². The minimum absolute atomic E-state index is 0.259. The van der Waals surface area contributed by atoms with Gasteiger partial charge in [-0.15, -0.1) is 11.3 Å². The summed E-state index contributed by atoms with van der Waals surface area (Å²) in [6, 6.07) is 26.5. The molecule has 7 heteroatoms. The van der Waals surface area contributed by atoms with Crippen molar-refractivity contribution in [2.24, 2.45) is 0 Å². The van der Waals surface area contributed by atoms with E-state index >= 15 is 0 Å². The number of rotatable bonds is 7. The third-order valence-electron chi connectivity index (χ3n) is 5.01. The number of sulfonamides is 1. The average molecular weight is 450 g/mol. The molecule has 5 nitrogen and oxygen atoms in total. The van der Waals surface area contributed by atoms with E-state index in [4.69, 9.17) is 4.98 Å². The monoisotopic (exact) mass is 449 g/mol. The number of benzene rings is 3. The van der Waals surface area contributed by atoms with Crippen molar-refractivity contribution in [1.82, 2.24) is 9.29 Å². The van der Waals surface area contributed by atoms with Gasteiger partial charge in [0.25, 0.3) is 0 Å². The van der Waals surface area contributed by atoms with Gasteiger partial charge in [-0.2, -0.15) is 4.31 Å². The highest BCUT2D eigenvalue weighted by Crippen LogP contribution is 2.32. The van der Waals surface area contributed by atoms with Crippen molar-refractivity contribution in [3.63, 3.8) is 0 Å². The number of thiazole rings is 1. The normalized spacial score (nSPS) is 11.6. The largest absolute Gasteiger partial charge is 0.321 e. The van der Waals surface area contributed by atoms with Crippen LogP contribution in [-0.4, -0.2) is 31.8 Å². The molecular formula is C24H23N3O2S2. The summed E-state index contributed by atoms with van der Waals surface area (Å²) in [4.78, 5) is 7.00. The molecule has 1 aromatic heterocycles. The summed E-state index contributed by atoms with van der Waals surface area (Å²) in [5.41, 5.74) is 3.52. The summed E-state index contributed by atoms with van der Waals surface area (Å²) in [5.74, 6) is 0. The Morgan fingerprint density at radius 1 is 0.871 bits per heavy atom. The number of hydrogen-bond donors (Lipinski definition) is 0. The van der Waals surface area contributed by atoms with Gasteiger partial charge in [-0.1, -0.05) is 60.7 Å². The van der Waals surface area contributed by atoms with E-state index in [-0.39, 0.29) is 4.90 Å². The average Bonchev–Trinajstić information content (AvgIpc) is 3.30. The van der Waals surface area contributed by atoms with Crippen molar-refractivity contribution in [3.05, 3.63) is 95.9 Å². The summed E-state index contributed by atoms with van der Waals surface area (Å²) in [6.45, 7) is 0.316. The molecule has 31 heavy (non-hydrogen) atoms. The number of nitrogens with zero attached hydrogens (tertiary/aromatic N) is 3. The highest BCUT2D eigenvalue weighted by molar-refractivity contribution is 7.89. The summed E-state index contributed by atoms with van der Waals surface area (Å²) in [5, 5.41) is 2.80. The van der Waals surface area contributed by atoms with Gasteiger partial charge in [0.15, 0.2) is 5.13 Å². The van der Waals surface area contributed by atoms with Crippen molar-refractivity contribution in [1.29, 1.82) is 0 Å². The maximum Gasteiger partial charge on any atom is 0.243 e. The van der Waals surface area contributed by atoms with Crippen LogP contribution in [0.1, 0.15) is 5.56 Å². The van der Waals surface area contributed by atoms with Gasteiger partial charge in [-0.3, -0.25) is 0 Å². The van der Waals surface area contributed by atoms with Crippen LogP contribution in [0.3, 0.4) is 0 Å². The first-order valence-corrected chi connectivity index (χ1v) is 12.1. The predicted molar refractivity (Wildman–Crippen MR) is 127 cm³/mol. The van der Waals surface area contributed by atoms with E-state index in [9.17, 15) is 8.42 Å². The van der Waals surface area contributed by atoms with E-state index in [1.807, 2.05) is 84.1 Å². The van der Waals surface area contributed by atoms with Crippen LogP contribution in [0.15, 0.2) is 95.2 Å². The van der Waals surface area contributed by atoms with Crippen molar-refractivity contribution < 1.29 is 8.42 Å². The number of hydrogen-bond acceptors (Lipinski definition) is 5. The van der Waals surface area contributed by atoms with Crippen LogP contribution in [0.25, 0.3) is 11.3 Å². The molecule has 0 aliphatic carbocycles. The molecule has 3 aromatic carbocycles. The zero-order chi connectivity index (χ0) is 21.8. The quantitative estimate of drug-likeness (QED) is 0.379. The molecule has 4 aromatic rings. The lowest BCUT2D eigenvalue weighted by Crippen LogP contribution is -2.26. The van der Waals surface area contributed by atoms with Crippen LogP contribution in [0.2, 0.25) is 0 Å². The van der Waals surface area contributed by atoms with E-state index in [1.165, 1.54) is 15.6 Å². The molecule has 0 spiro atoms. The summed E-state index contributed by atoms with van der Waals surface area (Å²) in [6.07, 6.45) is 0. The van der Waals surface area contributed by atoms with Gasteiger partial charge < -0.3 is 4.90 Å². The van der Waals surface area contributed by atoms with Gasteiger partial charge in [0.05, 0.1) is 10.6 Å². The molecule has 0 saturated heterocycles. The summed E-state index contributed by atoms with van der Waals surface area (Å²) < 4.78 is 27.6. The molecule has 158 valence electrons. The van der Waals surface area contributed by atoms with Crippen LogP contribution in [0.5, 0.6) is 0 Å². The molecular weight excluding hydrogens is 426 g/mol.